The maximum atomic E-state index is 3.48. The summed E-state index contributed by atoms with van der Waals surface area (Å²) in [6.45, 7) is 17.1. The van der Waals surface area contributed by atoms with Gasteiger partial charge in [-0.3, -0.25) is 0 Å². The highest BCUT2D eigenvalue weighted by Crippen LogP contribution is 2.09. The predicted octanol–water partition coefficient (Wildman–Crippen LogP) is 2.74. The quantitative estimate of drug-likeness (QED) is 0.668. The van der Waals surface area contributed by atoms with Crippen LogP contribution in [-0.2, 0) is 0 Å². The van der Waals surface area contributed by atoms with E-state index in [2.05, 4.69) is 51.8 Å². The lowest BCUT2D eigenvalue weighted by Gasteiger charge is -2.31. The molecule has 0 aliphatic carbocycles. The number of hydrogen-bond acceptors (Lipinski definition) is 2. The van der Waals surface area contributed by atoms with Gasteiger partial charge in [0.15, 0.2) is 0 Å². The fourth-order valence-corrected chi connectivity index (χ4v) is 2.18. The van der Waals surface area contributed by atoms with Gasteiger partial charge in [-0.05, 0) is 39.3 Å². The fourth-order valence-electron chi connectivity index (χ4n) is 2.18. The van der Waals surface area contributed by atoms with Crippen molar-refractivity contribution in [2.24, 2.45) is 5.92 Å². The average molecular weight is 214 g/mol. The van der Waals surface area contributed by atoms with Crippen molar-refractivity contribution in [2.45, 2.75) is 60.0 Å². The van der Waals surface area contributed by atoms with Crippen molar-refractivity contribution in [3.05, 3.63) is 0 Å². The normalized spacial score (nSPS) is 16.0. The minimum atomic E-state index is 0.631. The minimum Gasteiger partial charge on any atom is -0.314 e. The highest BCUT2D eigenvalue weighted by molar-refractivity contribution is 4.72. The Hall–Kier alpha value is -0.0800. The van der Waals surface area contributed by atoms with E-state index in [1.54, 1.807) is 0 Å². The summed E-state index contributed by atoms with van der Waals surface area (Å²) in [7, 11) is 0. The summed E-state index contributed by atoms with van der Waals surface area (Å²) in [4.78, 5) is 2.58. The van der Waals surface area contributed by atoms with Gasteiger partial charge in [0, 0.05) is 18.6 Å². The number of hydrogen-bond donors (Lipinski definition) is 1. The second-order valence-corrected chi connectivity index (χ2v) is 5.02. The van der Waals surface area contributed by atoms with Gasteiger partial charge in [0.25, 0.3) is 0 Å². The van der Waals surface area contributed by atoms with Crippen LogP contribution in [0, 0.1) is 5.92 Å². The van der Waals surface area contributed by atoms with Gasteiger partial charge in [-0.2, -0.15) is 0 Å². The van der Waals surface area contributed by atoms with E-state index in [0.29, 0.717) is 12.1 Å². The van der Waals surface area contributed by atoms with Gasteiger partial charge in [0.05, 0.1) is 0 Å². The lowest BCUT2D eigenvalue weighted by molar-refractivity contribution is 0.178. The highest BCUT2D eigenvalue weighted by atomic mass is 15.1. The van der Waals surface area contributed by atoms with Crippen molar-refractivity contribution in [3.63, 3.8) is 0 Å². The van der Waals surface area contributed by atoms with E-state index < -0.39 is 0 Å². The molecule has 0 fully saturated rings. The van der Waals surface area contributed by atoms with Crippen LogP contribution in [0.2, 0.25) is 0 Å². The Morgan fingerprint density at radius 1 is 1.07 bits per heavy atom. The van der Waals surface area contributed by atoms with Crippen LogP contribution in [0.4, 0.5) is 0 Å². The van der Waals surface area contributed by atoms with Crippen LogP contribution in [-0.4, -0.2) is 36.6 Å². The number of nitrogens with one attached hydrogen (secondary N) is 1. The molecule has 0 aliphatic rings. The van der Waals surface area contributed by atoms with Gasteiger partial charge in [0.1, 0.15) is 0 Å². The molecule has 0 rings (SSSR count). The van der Waals surface area contributed by atoms with Crippen LogP contribution in [0.3, 0.4) is 0 Å². The zero-order valence-electron chi connectivity index (χ0n) is 11.5. The van der Waals surface area contributed by atoms with E-state index in [1.165, 1.54) is 13.0 Å². The maximum absolute atomic E-state index is 3.48. The van der Waals surface area contributed by atoms with Crippen molar-refractivity contribution < 1.29 is 0 Å². The van der Waals surface area contributed by atoms with E-state index in [1.807, 2.05) is 0 Å². The molecule has 2 nitrogen and oxygen atoms in total. The fraction of sp³-hybridized carbons (Fsp3) is 1.00. The summed E-state index contributed by atoms with van der Waals surface area (Å²) in [5.41, 5.74) is 0. The molecule has 0 aromatic carbocycles. The zero-order valence-corrected chi connectivity index (χ0v) is 11.5. The Bertz CT molecular complexity index is 145. The van der Waals surface area contributed by atoms with Crippen molar-refractivity contribution in [3.8, 4) is 0 Å². The van der Waals surface area contributed by atoms with Crippen LogP contribution in [0.5, 0.6) is 0 Å². The topological polar surface area (TPSA) is 15.3 Å². The van der Waals surface area contributed by atoms with Crippen LogP contribution in [0.25, 0.3) is 0 Å². The monoisotopic (exact) mass is 214 g/mol. The summed E-state index contributed by atoms with van der Waals surface area (Å²) in [5.74, 6) is 0.766. The zero-order chi connectivity index (χ0) is 11.8. The van der Waals surface area contributed by atoms with Gasteiger partial charge in [-0.1, -0.05) is 27.7 Å². The summed E-state index contributed by atoms with van der Waals surface area (Å²) in [5, 5.41) is 3.48. The Labute approximate surface area is 96.4 Å². The summed E-state index contributed by atoms with van der Waals surface area (Å²) < 4.78 is 0. The Balaban J connectivity index is 3.97. The number of rotatable bonds is 8. The molecule has 0 saturated carbocycles. The van der Waals surface area contributed by atoms with Crippen LogP contribution >= 0.6 is 0 Å². The first-order valence-electron chi connectivity index (χ1n) is 6.48. The largest absolute Gasteiger partial charge is 0.314 e. The van der Waals surface area contributed by atoms with E-state index in [-0.39, 0.29) is 0 Å². The van der Waals surface area contributed by atoms with E-state index in [0.717, 1.165) is 19.0 Å². The highest BCUT2D eigenvalue weighted by Gasteiger charge is 2.15. The van der Waals surface area contributed by atoms with Gasteiger partial charge in [-0.15, -0.1) is 0 Å². The first kappa shape index (κ1) is 14.9. The lowest BCUT2D eigenvalue weighted by atomic mass is 10.1. The molecular weight excluding hydrogens is 184 g/mol. The standard InChI is InChI=1S/C13H30N2/c1-7-14-12(5)9-13(6)15(8-2)10-11(3)4/h11-14H,7-10H2,1-6H3. The Morgan fingerprint density at radius 2 is 1.67 bits per heavy atom. The van der Waals surface area contributed by atoms with Crippen LogP contribution < -0.4 is 5.32 Å². The van der Waals surface area contributed by atoms with Crippen LogP contribution in [0.15, 0.2) is 0 Å². The molecule has 1 N–H and O–H groups in total. The summed E-state index contributed by atoms with van der Waals surface area (Å²) >= 11 is 0. The molecule has 0 spiro atoms. The molecule has 0 aromatic heterocycles. The first-order chi connectivity index (χ1) is 7.01. The molecule has 0 aliphatic heterocycles. The molecule has 0 saturated heterocycles. The molecule has 0 radical (unpaired) electrons. The van der Waals surface area contributed by atoms with E-state index in [9.17, 15) is 0 Å². The second kappa shape index (κ2) is 8.12. The first-order valence-corrected chi connectivity index (χ1v) is 6.48. The average Bonchev–Trinajstić information content (AvgIpc) is 2.13. The number of nitrogens with zero attached hydrogens (tertiary/aromatic N) is 1. The van der Waals surface area contributed by atoms with E-state index in [4.69, 9.17) is 0 Å². The van der Waals surface area contributed by atoms with E-state index >= 15 is 0 Å². The molecule has 0 amide bonds. The second-order valence-electron chi connectivity index (χ2n) is 5.02. The third-order valence-electron chi connectivity index (χ3n) is 2.88. The molecular formula is C13H30N2. The Morgan fingerprint density at radius 3 is 2.07 bits per heavy atom. The van der Waals surface area contributed by atoms with Crippen molar-refractivity contribution in [2.75, 3.05) is 19.6 Å². The van der Waals surface area contributed by atoms with Gasteiger partial charge >= 0.3 is 0 Å². The third-order valence-corrected chi connectivity index (χ3v) is 2.88. The van der Waals surface area contributed by atoms with Crippen molar-refractivity contribution >= 4 is 0 Å². The lowest BCUT2D eigenvalue weighted by Crippen LogP contribution is -2.40. The molecule has 2 heteroatoms. The Kier molecular flexibility index (Phi) is 8.07. The summed E-state index contributed by atoms with van der Waals surface area (Å²) in [6.07, 6.45) is 1.24. The van der Waals surface area contributed by atoms with Gasteiger partial charge in [-0.25, -0.2) is 0 Å². The minimum absolute atomic E-state index is 0.631. The van der Waals surface area contributed by atoms with Crippen molar-refractivity contribution in [1.82, 2.24) is 10.2 Å². The molecule has 15 heavy (non-hydrogen) atoms. The van der Waals surface area contributed by atoms with Gasteiger partial charge in [0.2, 0.25) is 0 Å². The van der Waals surface area contributed by atoms with Gasteiger partial charge < -0.3 is 10.2 Å². The molecule has 2 unspecified atom stereocenters. The molecule has 0 aromatic rings. The van der Waals surface area contributed by atoms with Crippen LogP contribution in [0.1, 0.15) is 48.0 Å². The molecule has 0 heterocycles. The molecule has 2 atom stereocenters. The maximum Gasteiger partial charge on any atom is 0.00816 e. The SMILES string of the molecule is CCNC(C)CC(C)N(CC)CC(C)C. The van der Waals surface area contributed by atoms with Crippen molar-refractivity contribution in [1.29, 1.82) is 0 Å². The summed E-state index contributed by atoms with van der Waals surface area (Å²) in [6, 6.07) is 1.32. The molecule has 0 bridgehead atoms. The molecule has 92 valence electrons. The smallest absolute Gasteiger partial charge is 0.00816 e. The predicted molar refractivity (Wildman–Crippen MR) is 69.3 cm³/mol. The third kappa shape index (κ3) is 6.91.